The van der Waals surface area contributed by atoms with Gasteiger partial charge in [-0.25, -0.2) is 8.42 Å². The summed E-state index contributed by atoms with van der Waals surface area (Å²) in [5, 5.41) is 0. The summed E-state index contributed by atoms with van der Waals surface area (Å²) >= 11 is 3.35. The second-order valence-electron chi connectivity index (χ2n) is 5.72. The zero-order valence-corrected chi connectivity index (χ0v) is 16.5. The molecule has 2 aromatic carbocycles. The fourth-order valence-corrected chi connectivity index (χ4v) is 3.81. The SMILES string of the molecule is C=C(C(=O)CC)[C@H](NS(=O)(=O)c1ccc(C)cc1)c1ccc(Br)cc1. The quantitative estimate of drug-likeness (QED) is 0.677. The number of aryl methyl sites for hydroxylation is 1. The first kappa shape index (κ1) is 19.6. The Balaban J connectivity index is 2.41. The van der Waals surface area contributed by atoms with E-state index in [1.807, 2.05) is 6.92 Å². The summed E-state index contributed by atoms with van der Waals surface area (Å²) < 4.78 is 29.0. The van der Waals surface area contributed by atoms with Crippen molar-refractivity contribution in [2.75, 3.05) is 0 Å². The van der Waals surface area contributed by atoms with Crippen molar-refractivity contribution in [3.05, 3.63) is 76.3 Å². The third kappa shape index (κ3) is 4.87. The minimum atomic E-state index is -3.80. The summed E-state index contributed by atoms with van der Waals surface area (Å²) in [5.74, 6) is -0.181. The van der Waals surface area contributed by atoms with Crippen LogP contribution in [0.4, 0.5) is 0 Å². The number of sulfonamides is 1. The minimum absolute atomic E-state index is 0.150. The number of benzene rings is 2. The Morgan fingerprint density at radius 1 is 1.12 bits per heavy atom. The van der Waals surface area contributed by atoms with Crippen molar-refractivity contribution >= 4 is 31.7 Å². The molecule has 0 radical (unpaired) electrons. The minimum Gasteiger partial charge on any atom is -0.295 e. The molecule has 0 aliphatic carbocycles. The van der Waals surface area contributed by atoms with Crippen LogP contribution in [0.15, 0.2) is 70.1 Å². The van der Waals surface area contributed by atoms with E-state index in [0.717, 1.165) is 10.0 Å². The molecule has 0 aliphatic heterocycles. The second kappa shape index (κ2) is 8.08. The molecule has 0 amide bonds. The predicted octanol–water partition coefficient (Wildman–Crippen LogP) is 4.31. The molecule has 0 fully saturated rings. The van der Waals surface area contributed by atoms with Crippen molar-refractivity contribution in [3.63, 3.8) is 0 Å². The van der Waals surface area contributed by atoms with Gasteiger partial charge in [0.1, 0.15) is 0 Å². The molecule has 0 aliphatic rings. The lowest BCUT2D eigenvalue weighted by atomic mass is 9.97. The Labute approximate surface area is 157 Å². The van der Waals surface area contributed by atoms with Gasteiger partial charge in [0.2, 0.25) is 10.0 Å². The summed E-state index contributed by atoms with van der Waals surface area (Å²) in [6, 6.07) is 12.9. The number of hydrogen-bond acceptors (Lipinski definition) is 3. The molecule has 132 valence electrons. The van der Waals surface area contributed by atoms with Crippen molar-refractivity contribution in [1.29, 1.82) is 0 Å². The van der Waals surface area contributed by atoms with Gasteiger partial charge in [0, 0.05) is 16.5 Å². The number of carbonyl (C=O) groups excluding carboxylic acids is 1. The molecule has 4 nitrogen and oxygen atoms in total. The number of halogens is 1. The molecule has 0 saturated heterocycles. The first-order valence-corrected chi connectivity index (χ1v) is 10.1. The average Bonchev–Trinajstić information content (AvgIpc) is 2.59. The third-order valence-electron chi connectivity index (χ3n) is 3.84. The van der Waals surface area contributed by atoms with Crippen LogP contribution in [0.25, 0.3) is 0 Å². The Morgan fingerprint density at radius 3 is 2.20 bits per heavy atom. The van der Waals surface area contributed by atoms with Gasteiger partial charge >= 0.3 is 0 Å². The standard InChI is InChI=1S/C19H20BrNO3S/c1-4-18(22)14(3)19(15-7-9-16(20)10-8-15)21-25(23,24)17-11-5-13(2)6-12-17/h5-12,19,21H,3-4H2,1-2H3/t19-/m0/s1. The zero-order valence-electron chi connectivity index (χ0n) is 14.1. The molecular formula is C19H20BrNO3S. The highest BCUT2D eigenvalue weighted by molar-refractivity contribution is 9.10. The van der Waals surface area contributed by atoms with Crippen LogP contribution in [-0.2, 0) is 14.8 Å². The fraction of sp³-hybridized carbons (Fsp3) is 0.211. The van der Waals surface area contributed by atoms with Crippen LogP contribution < -0.4 is 4.72 Å². The third-order valence-corrected chi connectivity index (χ3v) is 5.80. The molecule has 1 atom stereocenters. The van der Waals surface area contributed by atoms with Gasteiger partial charge in [-0.2, -0.15) is 4.72 Å². The Bertz CT molecular complexity index is 872. The highest BCUT2D eigenvalue weighted by Crippen LogP contribution is 2.26. The van der Waals surface area contributed by atoms with Gasteiger partial charge in [0.05, 0.1) is 10.9 Å². The molecule has 2 aromatic rings. The van der Waals surface area contributed by atoms with Gasteiger partial charge in [0.15, 0.2) is 5.78 Å². The smallest absolute Gasteiger partial charge is 0.241 e. The van der Waals surface area contributed by atoms with Gasteiger partial charge in [-0.05, 0) is 36.8 Å². The molecular weight excluding hydrogens is 402 g/mol. The monoisotopic (exact) mass is 421 g/mol. The summed E-state index contributed by atoms with van der Waals surface area (Å²) in [6.07, 6.45) is 0.262. The summed E-state index contributed by atoms with van der Waals surface area (Å²) in [7, 11) is -3.80. The maximum absolute atomic E-state index is 12.7. The van der Waals surface area contributed by atoms with E-state index in [2.05, 4.69) is 27.2 Å². The van der Waals surface area contributed by atoms with E-state index in [0.29, 0.717) is 5.56 Å². The molecule has 2 rings (SSSR count). The van der Waals surface area contributed by atoms with Crippen LogP contribution >= 0.6 is 15.9 Å². The second-order valence-corrected chi connectivity index (χ2v) is 8.35. The van der Waals surface area contributed by atoms with Crippen molar-refractivity contribution in [3.8, 4) is 0 Å². The molecule has 0 bridgehead atoms. The number of ketones is 1. The Hall–Kier alpha value is -1.76. The van der Waals surface area contributed by atoms with E-state index < -0.39 is 16.1 Å². The highest BCUT2D eigenvalue weighted by Gasteiger charge is 2.26. The first-order chi connectivity index (χ1) is 11.7. The highest BCUT2D eigenvalue weighted by atomic mass is 79.9. The normalized spacial score (nSPS) is 12.6. The predicted molar refractivity (Wildman–Crippen MR) is 103 cm³/mol. The van der Waals surface area contributed by atoms with Crippen LogP contribution in [-0.4, -0.2) is 14.2 Å². The van der Waals surface area contributed by atoms with E-state index in [1.54, 1.807) is 55.5 Å². The molecule has 0 aromatic heterocycles. The van der Waals surface area contributed by atoms with E-state index >= 15 is 0 Å². The fourth-order valence-electron chi connectivity index (χ4n) is 2.32. The molecule has 1 N–H and O–H groups in total. The summed E-state index contributed by atoms with van der Waals surface area (Å²) in [4.78, 5) is 12.3. The van der Waals surface area contributed by atoms with E-state index in [-0.39, 0.29) is 22.7 Å². The number of rotatable bonds is 7. The largest absolute Gasteiger partial charge is 0.295 e. The van der Waals surface area contributed by atoms with E-state index in [9.17, 15) is 13.2 Å². The number of nitrogens with one attached hydrogen (secondary N) is 1. The average molecular weight is 422 g/mol. The van der Waals surface area contributed by atoms with E-state index in [4.69, 9.17) is 0 Å². The summed E-state index contributed by atoms with van der Waals surface area (Å²) in [6.45, 7) is 7.44. The van der Waals surface area contributed by atoms with Crippen LogP contribution in [0.2, 0.25) is 0 Å². The Morgan fingerprint density at radius 2 is 1.68 bits per heavy atom. The number of Topliss-reactive ketones (excluding diaryl/α,β-unsaturated/α-hetero) is 1. The summed E-state index contributed by atoms with van der Waals surface area (Å²) in [5.41, 5.74) is 1.85. The number of carbonyl (C=O) groups is 1. The topological polar surface area (TPSA) is 63.2 Å². The van der Waals surface area contributed by atoms with Gasteiger partial charge in [-0.15, -0.1) is 0 Å². The van der Waals surface area contributed by atoms with Gasteiger partial charge < -0.3 is 0 Å². The molecule has 0 saturated carbocycles. The van der Waals surface area contributed by atoms with E-state index in [1.165, 1.54) is 0 Å². The maximum atomic E-state index is 12.7. The lowest BCUT2D eigenvalue weighted by molar-refractivity contribution is -0.115. The van der Waals surface area contributed by atoms with Crippen LogP contribution in [0.3, 0.4) is 0 Å². The van der Waals surface area contributed by atoms with Crippen LogP contribution in [0, 0.1) is 6.92 Å². The molecule has 25 heavy (non-hydrogen) atoms. The molecule has 6 heteroatoms. The zero-order chi connectivity index (χ0) is 18.6. The van der Waals surface area contributed by atoms with Crippen LogP contribution in [0.5, 0.6) is 0 Å². The van der Waals surface area contributed by atoms with Gasteiger partial charge in [-0.1, -0.05) is 59.3 Å². The van der Waals surface area contributed by atoms with Gasteiger partial charge in [-0.3, -0.25) is 4.79 Å². The molecule has 0 spiro atoms. The maximum Gasteiger partial charge on any atom is 0.241 e. The van der Waals surface area contributed by atoms with Crippen LogP contribution in [0.1, 0.15) is 30.5 Å². The van der Waals surface area contributed by atoms with Crippen molar-refractivity contribution in [1.82, 2.24) is 4.72 Å². The number of hydrogen-bond donors (Lipinski definition) is 1. The molecule has 0 heterocycles. The first-order valence-electron chi connectivity index (χ1n) is 7.81. The van der Waals surface area contributed by atoms with Crippen molar-refractivity contribution in [2.45, 2.75) is 31.2 Å². The lowest BCUT2D eigenvalue weighted by Crippen LogP contribution is -2.31. The lowest BCUT2D eigenvalue weighted by Gasteiger charge is -2.21. The Kier molecular flexibility index (Phi) is 6.32. The molecule has 0 unspecified atom stereocenters. The van der Waals surface area contributed by atoms with Gasteiger partial charge in [0.25, 0.3) is 0 Å². The van der Waals surface area contributed by atoms with Crippen molar-refractivity contribution < 1.29 is 13.2 Å². The van der Waals surface area contributed by atoms with Crippen molar-refractivity contribution in [2.24, 2.45) is 0 Å².